The predicted molar refractivity (Wildman–Crippen MR) is 77.8 cm³/mol. The molecule has 0 spiro atoms. The van der Waals surface area contributed by atoms with Crippen molar-refractivity contribution in [2.45, 2.75) is 20.1 Å². The molecule has 1 aromatic heterocycles. The van der Waals surface area contributed by atoms with Gasteiger partial charge in [-0.1, -0.05) is 24.3 Å². The Bertz CT molecular complexity index is 734. The van der Waals surface area contributed by atoms with Gasteiger partial charge in [-0.2, -0.15) is 5.10 Å². The largest absolute Gasteiger partial charge is 0.508 e. The molecule has 0 aliphatic heterocycles. The maximum Gasteiger partial charge on any atom is 0.133 e. The van der Waals surface area contributed by atoms with E-state index >= 15 is 0 Å². The lowest BCUT2D eigenvalue weighted by Gasteiger charge is -2.04. The second-order valence-corrected chi connectivity index (χ2v) is 4.57. The van der Waals surface area contributed by atoms with Gasteiger partial charge in [0.1, 0.15) is 23.8 Å². The third-order valence-corrected chi connectivity index (χ3v) is 3.23. The van der Waals surface area contributed by atoms with Crippen molar-refractivity contribution < 1.29 is 9.84 Å². The first-order chi connectivity index (χ1) is 9.78. The third kappa shape index (κ3) is 2.32. The van der Waals surface area contributed by atoms with Crippen molar-refractivity contribution in [3.8, 4) is 11.5 Å². The van der Waals surface area contributed by atoms with Crippen LogP contribution in [0.4, 0.5) is 0 Å². The minimum Gasteiger partial charge on any atom is -0.508 e. The van der Waals surface area contributed by atoms with Crippen LogP contribution in [0.3, 0.4) is 0 Å². The molecule has 1 N–H and O–H groups in total. The Balaban J connectivity index is 1.88. The van der Waals surface area contributed by atoms with E-state index in [0.717, 1.165) is 23.1 Å². The summed E-state index contributed by atoms with van der Waals surface area (Å²) in [5.74, 6) is 0.839. The molecular formula is C16H16N2O2. The molecular weight excluding hydrogens is 252 g/mol. The molecule has 0 amide bonds. The van der Waals surface area contributed by atoms with E-state index in [-0.39, 0.29) is 5.75 Å². The first kappa shape index (κ1) is 12.5. The van der Waals surface area contributed by atoms with E-state index in [1.807, 2.05) is 22.9 Å². The molecule has 2 aromatic carbocycles. The summed E-state index contributed by atoms with van der Waals surface area (Å²) in [6.07, 6.45) is 0. The van der Waals surface area contributed by atoms with Gasteiger partial charge < -0.3 is 9.84 Å². The number of aromatic hydroxyl groups is 1. The van der Waals surface area contributed by atoms with Crippen LogP contribution in [0.2, 0.25) is 0 Å². The number of ether oxygens (including phenoxy) is 1. The monoisotopic (exact) mass is 268 g/mol. The topological polar surface area (TPSA) is 47.3 Å². The van der Waals surface area contributed by atoms with Crippen LogP contribution in [0.25, 0.3) is 10.9 Å². The molecule has 3 aromatic rings. The Morgan fingerprint density at radius 2 is 2.00 bits per heavy atom. The number of hydrogen-bond donors (Lipinski definition) is 1. The summed E-state index contributed by atoms with van der Waals surface area (Å²) >= 11 is 0. The zero-order valence-electron chi connectivity index (χ0n) is 11.3. The summed E-state index contributed by atoms with van der Waals surface area (Å²) in [5.41, 5.74) is 2.02. The molecule has 0 saturated carbocycles. The van der Waals surface area contributed by atoms with Crippen molar-refractivity contribution in [3.63, 3.8) is 0 Å². The van der Waals surface area contributed by atoms with E-state index in [2.05, 4.69) is 24.2 Å². The van der Waals surface area contributed by atoms with E-state index in [9.17, 15) is 5.11 Å². The van der Waals surface area contributed by atoms with E-state index in [1.165, 1.54) is 0 Å². The SMILES string of the molecule is CCn1nc(COc2cccc(O)c2)c2ccccc21. The standard InChI is InChI=1S/C16H16N2O2/c1-2-18-16-9-4-3-8-14(16)15(17-18)11-20-13-7-5-6-12(19)10-13/h3-10,19H,2,11H2,1H3. The van der Waals surface area contributed by atoms with Gasteiger partial charge >= 0.3 is 0 Å². The molecule has 0 saturated heterocycles. The Hall–Kier alpha value is -2.49. The molecule has 0 aliphatic carbocycles. The van der Waals surface area contributed by atoms with Gasteiger partial charge in [0.2, 0.25) is 0 Å². The predicted octanol–water partition coefficient (Wildman–Crippen LogP) is 3.34. The van der Waals surface area contributed by atoms with E-state index in [1.54, 1.807) is 18.2 Å². The molecule has 102 valence electrons. The highest BCUT2D eigenvalue weighted by molar-refractivity contribution is 5.81. The quantitative estimate of drug-likeness (QED) is 0.789. The lowest BCUT2D eigenvalue weighted by molar-refractivity contribution is 0.299. The van der Waals surface area contributed by atoms with Crippen LogP contribution in [-0.2, 0) is 13.2 Å². The van der Waals surface area contributed by atoms with Crippen LogP contribution in [0.5, 0.6) is 11.5 Å². The van der Waals surface area contributed by atoms with Crippen LogP contribution < -0.4 is 4.74 Å². The lowest BCUT2D eigenvalue weighted by atomic mass is 10.2. The molecule has 1 heterocycles. The number of nitrogens with zero attached hydrogens (tertiary/aromatic N) is 2. The minimum absolute atomic E-state index is 0.200. The van der Waals surface area contributed by atoms with Gasteiger partial charge in [-0.15, -0.1) is 0 Å². The first-order valence-corrected chi connectivity index (χ1v) is 6.64. The summed E-state index contributed by atoms with van der Waals surface area (Å²) in [4.78, 5) is 0. The third-order valence-electron chi connectivity index (χ3n) is 3.23. The summed E-state index contributed by atoms with van der Waals surface area (Å²) < 4.78 is 7.67. The lowest BCUT2D eigenvalue weighted by Crippen LogP contribution is -2.00. The molecule has 0 radical (unpaired) electrons. The number of benzene rings is 2. The molecule has 20 heavy (non-hydrogen) atoms. The van der Waals surface area contributed by atoms with Crippen molar-refractivity contribution >= 4 is 10.9 Å². The van der Waals surface area contributed by atoms with Crippen LogP contribution in [0.1, 0.15) is 12.6 Å². The molecule has 0 atom stereocenters. The maximum absolute atomic E-state index is 9.42. The smallest absolute Gasteiger partial charge is 0.133 e. The van der Waals surface area contributed by atoms with Crippen molar-refractivity contribution in [1.29, 1.82) is 0 Å². The Kier molecular flexibility index (Phi) is 3.29. The van der Waals surface area contributed by atoms with Gasteiger partial charge in [0.15, 0.2) is 0 Å². The molecule has 0 bridgehead atoms. The van der Waals surface area contributed by atoms with Crippen LogP contribution >= 0.6 is 0 Å². The van der Waals surface area contributed by atoms with Crippen LogP contribution in [-0.4, -0.2) is 14.9 Å². The fraction of sp³-hybridized carbons (Fsp3) is 0.188. The highest BCUT2D eigenvalue weighted by Crippen LogP contribution is 2.22. The van der Waals surface area contributed by atoms with Gasteiger partial charge in [0.25, 0.3) is 0 Å². The average Bonchev–Trinajstić information content (AvgIpc) is 2.83. The molecule has 0 unspecified atom stereocenters. The fourth-order valence-electron chi connectivity index (χ4n) is 2.27. The highest BCUT2D eigenvalue weighted by atomic mass is 16.5. The number of hydrogen-bond acceptors (Lipinski definition) is 3. The number of rotatable bonds is 4. The fourth-order valence-corrected chi connectivity index (χ4v) is 2.27. The zero-order chi connectivity index (χ0) is 13.9. The second-order valence-electron chi connectivity index (χ2n) is 4.57. The summed E-state index contributed by atoms with van der Waals surface area (Å²) in [7, 11) is 0. The van der Waals surface area contributed by atoms with Gasteiger partial charge in [-0.25, -0.2) is 0 Å². The van der Waals surface area contributed by atoms with Gasteiger partial charge in [-0.3, -0.25) is 4.68 Å². The summed E-state index contributed by atoms with van der Waals surface area (Å²) in [5, 5.41) is 15.1. The van der Waals surface area contributed by atoms with Crippen molar-refractivity contribution in [3.05, 3.63) is 54.2 Å². The second kappa shape index (κ2) is 5.25. The number of aromatic nitrogens is 2. The summed E-state index contributed by atoms with van der Waals surface area (Å²) in [6.45, 7) is 3.28. The highest BCUT2D eigenvalue weighted by Gasteiger charge is 2.09. The normalized spacial score (nSPS) is 10.8. The maximum atomic E-state index is 9.42. The minimum atomic E-state index is 0.200. The van der Waals surface area contributed by atoms with E-state index in [0.29, 0.717) is 12.4 Å². The molecule has 4 nitrogen and oxygen atoms in total. The van der Waals surface area contributed by atoms with Gasteiger partial charge in [0, 0.05) is 18.0 Å². The van der Waals surface area contributed by atoms with Crippen molar-refractivity contribution in [2.75, 3.05) is 0 Å². The van der Waals surface area contributed by atoms with E-state index in [4.69, 9.17) is 4.74 Å². The molecule has 4 heteroatoms. The van der Waals surface area contributed by atoms with Crippen molar-refractivity contribution in [2.24, 2.45) is 0 Å². The number of phenols is 1. The Labute approximate surface area is 117 Å². The summed E-state index contributed by atoms with van der Waals surface area (Å²) in [6, 6.07) is 14.9. The Morgan fingerprint density at radius 3 is 2.80 bits per heavy atom. The molecule has 0 fully saturated rings. The number of phenolic OH excluding ortho intramolecular Hbond substituents is 1. The number of aryl methyl sites for hydroxylation is 1. The Morgan fingerprint density at radius 1 is 1.15 bits per heavy atom. The zero-order valence-corrected chi connectivity index (χ0v) is 11.3. The van der Waals surface area contributed by atoms with E-state index < -0.39 is 0 Å². The molecule has 0 aliphatic rings. The van der Waals surface area contributed by atoms with Crippen LogP contribution in [0.15, 0.2) is 48.5 Å². The average molecular weight is 268 g/mol. The van der Waals surface area contributed by atoms with Crippen molar-refractivity contribution in [1.82, 2.24) is 9.78 Å². The van der Waals surface area contributed by atoms with Gasteiger partial charge in [0.05, 0.1) is 5.52 Å². The van der Waals surface area contributed by atoms with Crippen LogP contribution in [0, 0.1) is 0 Å². The number of fused-ring (bicyclic) bond motifs is 1. The van der Waals surface area contributed by atoms with Gasteiger partial charge in [-0.05, 0) is 25.1 Å². The first-order valence-electron chi connectivity index (χ1n) is 6.64. The molecule has 3 rings (SSSR count). The number of para-hydroxylation sites is 1.